The summed E-state index contributed by atoms with van der Waals surface area (Å²) in [4.78, 5) is 0. The molecule has 1 aliphatic carbocycles. The smallest absolute Gasteiger partial charge is 0.165 e. The van der Waals surface area contributed by atoms with Crippen molar-refractivity contribution in [3.05, 3.63) is 23.8 Å². The van der Waals surface area contributed by atoms with Crippen molar-refractivity contribution in [1.29, 1.82) is 0 Å². The molecule has 1 aromatic carbocycles. The number of para-hydroxylation sites is 1. The lowest BCUT2D eigenvalue weighted by Crippen LogP contribution is -2.32. The molecular formula is C16H25NO3. The highest BCUT2D eigenvalue weighted by molar-refractivity contribution is 5.46. The van der Waals surface area contributed by atoms with Gasteiger partial charge in [-0.25, -0.2) is 0 Å². The third-order valence-electron chi connectivity index (χ3n) is 3.75. The van der Waals surface area contributed by atoms with Gasteiger partial charge in [0.05, 0.1) is 12.2 Å². The molecule has 0 saturated heterocycles. The summed E-state index contributed by atoms with van der Waals surface area (Å²) in [5.74, 6) is 1.51. The first-order valence-corrected chi connectivity index (χ1v) is 7.43. The molecule has 0 heterocycles. The van der Waals surface area contributed by atoms with Gasteiger partial charge in [0.1, 0.15) is 6.61 Å². The average molecular weight is 279 g/mol. The second kappa shape index (κ2) is 6.95. The lowest BCUT2D eigenvalue weighted by Gasteiger charge is -2.24. The SMILES string of the molecule is CCOc1cccc(CNC)c1OCC1(O)CCCC1. The molecule has 0 amide bonds. The highest BCUT2D eigenvalue weighted by Gasteiger charge is 2.32. The minimum absolute atomic E-state index is 0.341. The van der Waals surface area contributed by atoms with E-state index in [9.17, 15) is 5.11 Å². The summed E-state index contributed by atoms with van der Waals surface area (Å²) in [6.07, 6.45) is 3.81. The number of ether oxygens (including phenoxy) is 2. The predicted molar refractivity (Wildman–Crippen MR) is 79.3 cm³/mol. The molecule has 4 nitrogen and oxygen atoms in total. The van der Waals surface area contributed by atoms with Gasteiger partial charge < -0.3 is 19.9 Å². The molecule has 1 fully saturated rings. The topological polar surface area (TPSA) is 50.7 Å². The normalized spacial score (nSPS) is 17.1. The van der Waals surface area contributed by atoms with Crippen LogP contribution in [-0.2, 0) is 6.54 Å². The quantitative estimate of drug-likeness (QED) is 0.805. The van der Waals surface area contributed by atoms with E-state index in [1.54, 1.807) is 0 Å². The van der Waals surface area contributed by atoms with Gasteiger partial charge in [-0.2, -0.15) is 0 Å². The fraction of sp³-hybridized carbons (Fsp3) is 0.625. The summed E-state index contributed by atoms with van der Waals surface area (Å²) in [5, 5.41) is 13.5. The van der Waals surface area contributed by atoms with Gasteiger partial charge in [0.2, 0.25) is 0 Å². The van der Waals surface area contributed by atoms with Crippen LogP contribution in [0.4, 0.5) is 0 Å². The van der Waals surface area contributed by atoms with Crippen LogP contribution in [-0.4, -0.2) is 31.0 Å². The van der Waals surface area contributed by atoms with Crippen molar-refractivity contribution >= 4 is 0 Å². The fourth-order valence-corrected chi connectivity index (χ4v) is 2.71. The van der Waals surface area contributed by atoms with E-state index < -0.39 is 5.60 Å². The van der Waals surface area contributed by atoms with Gasteiger partial charge in [-0.15, -0.1) is 0 Å². The van der Waals surface area contributed by atoms with Crippen molar-refractivity contribution in [3.63, 3.8) is 0 Å². The minimum atomic E-state index is -0.670. The van der Waals surface area contributed by atoms with Crippen LogP contribution in [0, 0.1) is 0 Å². The summed E-state index contributed by atoms with van der Waals surface area (Å²) in [6.45, 7) is 3.62. The zero-order valence-corrected chi connectivity index (χ0v) is 12.4. The van der Waals surface area contributed by atoms with Crippen LogP contribution < -0.4 is 14.8 Å². The van der Waals surface area contributed by atoms with Gasteiger partial charge >= 0.3 is 0 Å². The number of aliphatic hydroxyl groups is 1. The van der Waals surface area contributed by atoms with Crippen LogP contribution in [0.1, 0.15) is 38.2 Å². The Kier molecular flexibility index (Phi) is 5.26. The van der Waals surface area contributed by atoms with E-state index in [-0.39, 0.29) is 0 Å². The van der Waals surface area contributed by atoms with Crippen LogP contribution in [0.5, 0.6) is 11.5 Å². The molecule has 0 bridgehead atoms. The van der Waals surface area contributed by atoms with Crippen molar-refractivity contribution in [2.45, 2.75) is 44.8 Å². The summed E-state index contributed by atoms with van der Waals surface area (Å²) < 4.78 is 11.6. The fourth-order valence-electron chi connectivity index (χ4n) is 2.71. The molecule has 0 radical (unpaired) electrons. The zero-order chi connectivity index (χ0) is 14.4. The number of hydrogen-bond acceptors (Lipinski definition) is 4. The van der Waals surface area contributed by atoms with E-state index in [2.05, 4.69) is 5.32 Å². The third-order valence-corrected chi connectivity index (χ3v) is 3.75. The molecule has 20 heavy (non-hydrogen) atoms. The molecule has 0 aromatic heterocycles. The number of nitrogens with one attached hydrogen (secondary N) is 1. The lowest BCUT2D eigenvalue weighted by atomic mass is 10.0. The molecule has 1 aromatic rings. The van der Waals surface area contributed by atoms with E-state index >= 15 is 0 Å². The van der Waals surface area contributed by atoms with E-state index in [0.29, 0.717) is 19.8 Å². The summed E-state index contributed by atoms with van der Waals surface area (Å²) in [7, 11) is 1.90. The molecule has 0 aliphatic heterocycles. The summed E-state index contributed by atoms with van der Waals surface area (Å²) in [5.41, 5.74) is 0.385. The number of hydrogen-bond donors (Lipinski definition) is 2. The van der Waals surface area contributed by atoms with Crippen LogP contribution in [0.25, 0.3) is 0 Å². The first-order chi connectivity index (χ1) is 9.68. The number of rotatable bonds is 7. The number of benzene rings is 1. The maximum Gasteiger partial charge on any atom is 0.165 e. The highest BCUT2D eigenvalue weighted by atomic mass is 16.5. The molecule has 2 rings (SSSR count). The Morgan fingerprint density at radius 3 is 2.65 bits per heavy atom. The second-order valence-electron chi connectivity index (χ2n) is 5.43. The molecule has 0 atom stereocenters. The molecule has 112 valence electrons. The van der Waals surface area contributed by atoms with Gasteiger partial charge in [0.15, 0.2) is 11.5 Å². The van der Waals surface area contributed by atoms with Gasteiger partial charge in [-0.1, -0.05) is 25.0 Å². The first-order valence-electron chi connectivity index (χ1n) is 7.43. The Bertz CT molecular complexity index is 403. The maximum absolute atomic E-state index is 10.4. The predicted octanol–water partition coefficient (Wildman–Crippen LogP) is 2.49. The van der Waals surface area contributed by atoms with Gasteiger partial charge in [-0.05, 0) is 32.9 Å². The molecular weight excluding hydrogens is 254 g/mol. The standard InChI is InChI=1S/C16H25NO3/c1-3-19-14-8-6-7-13(11-17-2)15(14)20-12-16(18)9-4-5-10-16/h6-8,17-18H,3-5,9-12H2,1-2H3. The Morgan fingerprint density at radius 2 is 2.00 bits per heavy atom. The van der Waals surface area contributed by atoms with Crippen molar-refractivity contribution in [2.24, 2.45) is 0 Å². The van der Waals surface area contributed by atoms with Gasteiger partial charge in [0, 0.05) is 12.1 Å². The summed E-state index contributed by atoms with van der Waals surface area (Å²) >= 11 is 0. The molecule has 0 unspecified atom stereocenters. The largest absolute Gasteiger partial charge is 0.490 e. The highest BCUT2D eigenvalue weighted by Crippen LogP contribution is 2.35. The van der Waals surface area contributed by atoms with Gasteiger partial charge in [-0.3, -0.25) is 0 Å². The van der Waals surface area contributed by atoms with Crippen LogP contribution in [0.2, 0.25) is 0 Å². The van der Waals surface area contributed by atoms with Crippen molar-refractivity contribution in [2.75, 3.05) is 20.3 Å². The zero-order valence-electron chi connectivity index (χ0n) is 12.4. The van der Waals surface area contributed by atoms with E-state index in [1.807, 2.05) is 32.2 Å². The van der Waals surface area contributed by atoms with Crippen molar-refractivity contribution in [3.8, 4) is 11.5 Å². The molecule has 1 aliphatic rings. The average Bonchev–Trinajstić information content (AvgIpc) is 2.86. The maximum atomic E-state index is 10.4. The van der Waals surface area contributed by atoms with Gasteiger partial charge in [0.25, 0.3) is 0 Å². The van der Waals surface area contributed by atoms with E-state index in [0.717, 1.165) is 42.7 Å². The second-order valence-corrected chi connectivity index (χ2v) is 5.43. The Labute approximate surface area is 121 Å². The molecule has 0 spiro atoms. The molecule has 4 heteroatoms. The first kappa shape index (κ1) is 15.1. The Balaban J connectivity index is 2.14. The Morgan fingerprint density at radius 1 is 1.25 bits per heavy atom. The third kappa shape index (κ3) is 3.64. The molecule has 2 N–H and O–H groups in total. The van der Waals surface area contributed by atoms with Crippen molar-refractivity contribution in [1.82, 2.24) is 5.32 Å². The van der Waals surface area contributed by atoms with Crippen LogP contribution in [0.3, 0.4) is 0 Å². The monoisotopic (exact) mass is 279 g/mol. The van der Waals surface area contributed by atoms with E-state index in [4.69, 9.17) is 9.47 Å². The summed E-state index contributed by atoms with van der Waals surface area (Å²) in [6, 6.07) is 5.90. The Hall–Kier alpha value is -1.26. The lowest BCUT2D eigenvalue weighted by molar-refractivity contribution is 0.000304. The molecule has 1 saturated carbocycles. The van der Waals surface area contributed by atoms with Crippen molar-refractivity contribution < 1.29 is 14.6 Å². The van der Waals surface area contributed by atoms with Crippen LogP contribution >= 0.6 is 0 Å². The van der Waals surface area contributed by atoms with Crippen LogP contribution in [0.15, 0.2) is 18.2 Å². The van der Waals surface area contributed by atoms with E-state index in [1.165, 1.54) is 0 Å². The minimum Gasteiger partial charge on any atom is -0.490 e.